The van der Waals surface area contributed by atoms with Crippen LogP contribution < -0.4 is 10.6 Å². The third-order valence-corrected chi connectivity index (χ3v) is 14.2. The average Bonchev–Trinajstić information content (AvgIpc) is 3.68. The summed E-state index contributed by atoms with van der Waals surface area (Å²) in [6.45, 7) is 50.4. The first-order valence-corrected chi connectivity index (χ1v) is 33.3. The second-order valence-corrected chi connectivity index (χ2v) is 25.2. The van der Waals surface area contributed by atoms with Crippen molar-refractivity contribution in [2.75, 3.05) is 132 Å². The summed E-state index contributed by atoms with van der Waals surface area (Å²) in [6.07, 6.45) is 24.9. The highest BCUT2D eigenvalue weighted by atomic mass is 16.2. The number of nitrogens with one attached hydrogen (secondary N) is 2. The van der Waals surface area contributed by atoms with Gasteiger partial charge in [-0.1, -0.05) is 167 Å². The zero-order chi connectivity index (χ0) is 71.8. The third-order valence-electron chi connectivity index (χ3n) is 14.2. The van der Waals surface area contributed by atoms with Gasteiger partial charge in [0.2, 0.25) is 23.6 Å². The molecule has 20 nitrogen and oxygen atoms in total. The largest absolute Gasteiger partial charge is 0.337 e. The summed E-state index contributed by atoms with van der Waals surface area (Å²) in [5.41, 5.74) is 0.708. The van der Waals surface area contributed by atoms with Gasteiger partial charge in [0.25, 0.3) is 0 Å². The third kappa shape index (κ3) is 47.8. The van der Waals surface area contributed by atoms with Crippen LogP contribution in [0.4, 0.5) is 0 Å². The lowest BCUT2D eigenvalue weighted by atomic mass is 10.1. The lowest BCUT2D eigenvalue weighted by Crippen LogP contribution is -2.50. The minimum absolute atomic E-state index is 0.0240. The number of piperazine rings is 4. The lowest BCUT2D eigenvalue weighted by molar-refractivity contribution is -0.135. The Morgan fingerprint density at radius 3 is 1.18 bits per heavy atom. The number of amides is 4. The van der Waals surface area contributed by atoms with Gasteiger partial charge in [0.1, 0.15) is 0 Å². The van der Waals surface area contributed by atoms with Gasteiger partial charge in [-0.15, -0.1) is 0 Å². The standard InChI is InChI=1S/C13H22N2O2.C12H18N2O2.C12H20N2O2.C11H18N2O2.C10H19NO.C8H14O.C7H12O/c1-4-14-8-9-15(13(17)10-14)7-5-6-12(16)11(2)3;1-9(2)11(15)5-4-6-14-7-10(3)13-12(16)8-14;1-10(2)11(15)5-4-6-14-8-7-13(3)9-12(14)16;1-9(2)10(14)4-3-6-13-7-5-12-8-11(13)15;1-5-11(4)8-6-7-10(12)9(2)3;1-4-5-6-8(9)7(2)3;1-4-5-7(8)6(2)3/h5-6,11H,4,7-10H2,1-3H3;4-5,9H,3,6-8H2,1-2H3,(H,13,16);4-5,10H,6-9H2,1-3H3;3-4,9,12H,5-8H2,1-2H3;6-7,9H,5,8H2,1-4H3;5-7H,4H2,1-3H3;4-6H,1-3H3/b6-5+;2*5-4+;4-3+;7-6+;6-5+;5-4+. The highest BCUT2D eigenvalue weighted by Gasteiger charge is 2.23. The fourth-order valence-corrected chi connectivity index (χ4v) is 7.44. The molecule has 20 heteroatoms. The quantitative estimate of drug-likeness (QED) is 0.0740. The predicted molar refractivity (Wildman–Crippen MR) is 378 cm³/mol. The van der Waals surface area contributed by atoms with Crippen LogP contribution in [-0.4, -0.2) is 230 Å². The van der Waals surface area contributed by atoms with E-state index in [9.17, 15) is 52.7 Å². The summed E-state index contributed by atoms with van der Waals surface area (Å²) in [6, 6.07) is 0. The minimum atomic E-state index is -0.0418. The van der Waals surface area contributed by atoms with Gasteiger partial charge in [-0.05, 0) is 83.1 Å². The summed E-state index contributed by atoms with van der Waals surface area (Å²) in [4.78, 5) is 137. The maximum atomic E-state index is 11.7. The Morgan fingerprint density at radius 1 is 0.462 bits per heavy atom. The van der Waals surface area contributed by atoms with Crippen LogP contribution in [0.3, 0.4) is 0 Å². The van der Waals surface area contributed by atoms with Crippen molar-refractivity contribution in [2.45, 2.75) is 131 Å². The molecule has 4 aliphatic rings. The molecule has 0 radical (unpaired) electrons. The van der Waals surface area contributed by atoms with E-state index in [-0.39, 0.29) is 106 Å². The van der Waals surface area contributed by atoms with Crippen LogP contribution in [0.5, 0.6) is 0 Å². The monoisotopic (exact) mass is 1300 g/mol. The fraction of sp³-hybridized carbons (Fsp3) is 0.630. The summed E-state index contributed by atoms with van der Waals surface area (Å²) in [7, 11) is 3.97. The number of allylic oxidation sites excluding steroid dienone is 9. The number of likely N-dealkylation sites (N-methyl/N-ethyl adjacent to an activating group) is 3. The average molecular weight is 1300 g/mol. The molecule has 0 aromatic carbocycles. The van der Waals surface area contributed by atoms with Gasteiger partial charge in [-0.25, -0.2) is 0 Å². The smallest absolute Gasteiger partial charge is 0.238 e. The van der Waals surface area contributed by atoms with Crippen LogP contribution in [-0.2, 0) is 52.7 Å². The van der Waals surface area contributed by atoms with Crippen LogP contribution in [0, 0.1) is 41.4 Å². The van der Waals surface area contributed by atoms with E-state index in [1.807, 2.05) is 147 Å². The Hall–Kier alpha value is -6.71. The molecule has 0 saturated carbocycles. The van der Waals surface area contributed by atoms with Gasteiger partial charge in [0.05, 0.1) is 26.2 Å². The van der Waals surface area contributed by atoms with Gasteiger partial charge in [-0.3, -0.25) is 67.4 Å². The molecule has 526 valence electrons. The van der Waals surface area contributed by atoms with Crippen LogP contribution in [0.1, 0.15) is 131 Å². The highest BCUT2D eigenvalue weighted by molar-refractivity contribution is 5.94. The molecule has 4 heterocycles. The molecule has 2 N–H and O–H groups in total. The Bertz CT molecular complexity index is 2500. The summed E-state index contributed by atoms with van der Waals surface area (Å²) < 4.78 is 0. The number of nitrogens with zero attached hydrogens (tertiary/aromatic N) is 7. The summed E-state index contributed by atoms with van der Waals surface area (Å²) in [5, 5.41) is 5.66. The first-order valence-electron chi connectivity index (χ1n) is 33.3. The number of hydrogen-bond donors (Lipinski definition) is 2. The van der Waals surface area contributed by atoms with Crippen molar-refractivity contribution in [3.8, 4) is 0 Å². The van der Waals surface area contributed by atoms with Gasteiger partial charge >= 0.3 is 0 Å². The van der Waals surface area contributed by atoms with Crippen molar-refractivity contribution in [1.82, 2.24) is 44.9 Å². The SMILES string of the molecule is C/C=C/C(=O)C(C)C.C=C1CN(C/C=C/C(=O)C(C)C)CC(=O)N1.CC(C)C(=O)/C=C/CN1CCN(C)CC1=O.CC(C)C(=O)/C=C/CN1CCNCC1=O.CC/C=C/C(=O)C(C)C.CCN(C)C/C=C/C(=O)C(C)C.CCN1CCN(C/C=C/C(=O)C(C)C)C(=O)C1. The van der Waals surface area contributed by atoms with E-state index in [1.165, 1.54) is 0 Å². The minimum Gasteiger partial charge on any atom is -0.337 e. The van der Waals surface area contributed by atoms with Gasteiger partial charge < -0.3 is 30.2 Å². The Labute approximate surface area is 561 Å². The Kier molecular flexibility index (Phi) is 52.2. The Balaban J connectivity index is -0.00000103. The van der Waals surface area contributed by atoms with E-state index in [2.05, 4.69) is 40.9 Å². The van der Waals surface area contributed by atoms with E-state index >= 15 is 0 Å². The molecule has 0 unspecified atom stereocenters. The molecular weight excluding hydrogens is 1180 g/mol. The molecule has 0 aromatic heterocycles. The van der Waals surface area contributed by atoms with E-state index in [0.29, 0.717) is 64.6 Å². The van der Waals surface area contributed by atoms with Crippen molar-refractivity contribution < 1.29 is 52.7 Å². The molecule has 0 spiro atoms. The number of ketones is 7. The van der Waals surface area contributed by atoms with Crippen molar-refractivity contribution >= 4 is 64.1 Å². The lowest BCUT2D eigenvalue weighted by Gasteiger charge is -2.32. The molecule has 93 heavy (non-hydrogen) atoms. The van der Waals surface area contributed by atoms with Crippen LogP contribution in [0.2, 0.25) is 0 Å². The molecule has 4 amide bonds. The molecule has 0 atom stereocenters. The topological polar surface area (TPSA) is 235 Å². The van der Waals surface area contributed by atoms with Gasteiger partial charge in [0.15, 0.2) is 40.5 Å². The second-order valence-electron chi connectivity index (χ2n) is 25.2. The van der Waals surface area contributed by atoms with Crippen LogP contribution in [0.15, 0.2) is 97.3 Å². The zero-order valence-electron chi connectivity index (χ0n) is 60.9. The molecule has 0 aliphatic carbocycles. The first kappa shape index (κ1) is 90.5. The molecule has 4 fully saturated rings. The number of rotatable bonds is 27. The molecule has 0 aromatic rings. The van der Waals surface area contributed by atoms with E-state index in [1.54, 1.807) is 87.6 Å². The molecular formula is C73H123N9O11. The second kappa shape index (κ2) is 53.6. The van der Waals surface area contributed by atoms with Gasteiger partial charge in [0, 0.05) is 126 Å². The summed E-state index contributed by atoms with van der Waals surface area (Å²) in [5.74, 6) is 1.94. The van der Waals surface area contributed by atoms with Crippen LogP contribution >= 0.6 is 0 Å². The molecule has 0 bridgehead atoms. The van der Waals surface area contributed by atoms with E-state index in [0.717, 1.165) is 65.3 Å². The first-order chi connectivity index (χ1) is 43.6. The normalized spacial score (nSPS) is 16.1. The number of hydrogen-bond acceptors (Lipinski definition) is 16. The fourth-order valence-electron chi connectivity index (χ4n) is 7.44. The molecule has 4 rings (SSSR count). The van der Waals surface area contributed by atoms with Crippen molar-refractivity contribution in [3.05, 3.63) is 97.3 Å². The number of carbonyl (C=O) groups excluding carboxylic acids is 11. The van der Waals surface area contributed by atoms with Crippen LogP contribution in [0.25, 0.3) is 0 Å². The summed E-state index contributed by atoms with van der Waals surface area (Å²) >= 11 is 0. The maximum absolute atomic E-state index is 11.7. The van der Waals surface area contributed by atoms with E-state index < -0.39 is 0 Å². The predicted octanol–water partition coefficient (Wildman–Crippen LogP) is 8.07. The Morgan fingerprint density at radius 2 is 0.839 bits per heavy atom. The van der Waals surface area contributed by atoms with Crippen molar-refractivity contribution in [3.63, 3.8) is 0 Å². The van der Waals surface area contributed by atoms with Crippen molar-refractivity contribution in [1.29, 1.82) is 0 Å². The van der Waals surface area contributed by atoms with Gasteiger partial charge in [-0.2, -0.15) is 0 Å². The van der Waals surface area contributed by atoms with Crippen molar-refractivity contribution in [2.24, 2.45) is 41.4 Å². The number of carbonyl (C=O) groups is 11. The molecule has 4 saturated heterocycles. The highest BCUT2D eigenvalue weighted by Crippen LogP contribution is 2.07. The van der Waals surface area contributed by atoms with E-state index in [4.69, 9.17) is 0 Å². The maximum Gasteiger partial charge on any atom is 0.238 e. The molecule has 4 aliphatic heterocycles. The zero-order valence-corrected chi connectivity index (χ0v) is 60.9.